The largest absolute Gasteiger partial charge is 0.481 e. The lowest BCUT2D eigenvalue weighted by Gasteiger charge is -2.27. The first kappa shape index (κ1) is 32.7. The van der Waals surface area contributed by atoms with Crippen LogP contribution in [0.1, 0.15) is 68.8 Å². The van der Waals surface area contributed by atoms with Gasteiger partial charge < -0.3 is 20.1 Å². The minimum atomic E-state index is -0.814. The summed E-state index contributed by atoms with van der Waals surface area (Å²) < 4.78 is 6.18. The Hall–Kier alpha value is -3.51. The van der Waals surface area contributed by atoms with Crippen LogP contribution in [0.15, 0.2) is 71.4 Å². The van der Waals surface area contributed by atoms with Gasteiger partial charge in [-0.25, -0.2) is 0 Å². The summed E-state index contributed by atoms with van der Waals surface area (Å²) in [5, 5.41) is 12.8. The van der Waals surface area contributed by atoms with Gasteiger partial charge in [-0.3, -0.25) is 9.59 Å². The molecule has 40 heavy (non-hydrogen) atoms. The quantitative estimate of drug-likeness (QED) is 0.180. The summed E-state index contributed by atoms with van der Waals surface area (Å²) in [4.78, 5) is 26.5. The molecule has 2 rings (SSSR count). The Morgan fingerprint density at radius 3 is 2.42 bits per heavy atom. The van der Waals surface area contributed by atoms with Gasteiger partial charge in [0, 0.05) is 31.0 Å². The number of aliphatic carboxylic acids is 1. The van der Waals surface area contributed by atoms with Gasteiger partial charge in [-0.1, -0.05) is 42.8 Å². The van der Waals surface area contributed by atoms with E-state index in [4.69, 9.17) is 21.4 Å². The number of amides is 1. The number of benzene rings is 2. The predicted molar refractivity (Wildman–Crippen MR) is 164 cm³/mol. The van der Waals surface area contributed by atoms with E-state index in [1.165, 1.54) is 0 Å². The molecule has 216 valence electrons. The molecular formula is C33H43ClN2O4. The summed E-state index contributed by atoms with van der Waals surface area (Å²) >= 11 is 6.19. The van der Waals surface area contributed by atoms with Gasteiger partial charge in [-0.2, -0.15) is 0 Å². The van der Waals surface area contributed by atoms with Crippen LogP contribution >= 0.6 is 11.6 Å². The minimum absolute atomic E-state index is 0.0405. The topological polar surface area (TPSA) is 78.9 Å². The standard InChI is InChI=1S/C33H43ClN2O4/c1-9-15-36(8)32(24(6)26(10-2)19-23(5)34)33(39)35-25(7)28-16-21(3)17-30(20-28)40-29-13-11-27(22(4)18-29)12-14-31(37)38/h9,11,13,16-20,25-26H,1,10,12,14-15H2,2-8H3,(H,35,39)(H,37,38)/b23-19+,32-24-. The van der Waals surface area contributed by atoms with Gasteiger partial charge >= 0.3 is 5.97 Å². The maximum Gasteiger partial charge on any atom is 0.303 e. The first-order valence-corrected chi connectivity index (χ1v) is 14.0. The summed E-state index contributed by atoms with van der Waals surface area (Å²) in [5.41, 5.74) is 5.45. The average molecular weight is 567 g/mol. The fourth-order valence-corrected chi connectivity index (χ4v) is 4.92. The highest BCUT2D eigenvalue weighted by molar-refractivity contribution is 6.29. The number of carbonyl (C=O) groups excluding carboxylic acids is 1. The molecule has 2 atom stereocenters. The summed E-state index contributed by atoms with van der Waals surface area (Å²) in [6.45, 7) is 16.2. The zero-order valence-electron chi connectivity index (χ0n) is 24.8. The van der Waals surface area contributed by atoms with Crippen molar-refractivity contribution < 1.29 is 19.4 Å². The molecule has 1 amide bonds. The zero-order chi connectivity index (χ0) is 30.0. The first-order valence-electron chi connectivity index (χ1n) is 13.6. The van der Waals surface area contributed by atoms with Crippen LogP contribution < -0.4 is 10.1 Å². The third-order valence-electron chi connectivity index (χ3n) is 6.88. The molecule has 0 fully saturated rings. The van der Waals surface area contributed by atoms with Crippen LogP contribution in [-0.2, 0) is 16.0 Å². The molecule has 7 heteroatoms. The second-order valence-electron chi connectivity index (χ2n) is 10.3. The maximum atomic E-state index is 13.6. The van der Waals surface area contributed by atoms with Crippen LogP contribution in [0.4, 0.5) is 0 Å². The van der Waals surface area contributed by atoms with E-state index in [1.807, 2.05) is 89.0 Å². The predicted octanol–water partition coefficient (Wildman–Crippen LogP) is 7.85. The molecule has 0 spiro atoms. The number of aryl methyl sites for hydroxylation is 3. The number of carbonyl (C=O) groups is 2. The third-order valence-corrected chi connectivity index (χ3v) is 7.00. The molecule has 0 bridgehead atoms. The monoisotopic (exact) mass is 566 g/mol. The highest BCUT2D eigenvalue weighted by atomic mass is 35.5. The molecule has 0 aliphatic rings. The second kappa shape index (κ2) is 15.3. The van der Waals surface area contributed by atoms with Crippen LogP contribution in [-0.4, -0.2) is 35.5 Å². The molecule has 0 heterocycles. The molecular weight excluding hydrogens is 524 g/mol. The number of carboxylic acids is 1. The highest BCUT2D eigenvalue weighted by Crippen LogP contribution is 2.29. The SMILES string of the molecule is C=CCN(C)/C(C(=O)NC(C)c1cc(C)cc(Oc2ccc(CCC(=O)O)c(C)c2)c1)=C(/C)C(/C=C(\C)Cl)CC. The third kappa shape index (κ3) is 9.60. The Bertz CT molecular complexity index is 1280. The van der Waals surface area contributed by atoms with Crippen LogP contribution in [0.25, 0.3) is 0 Å². The van der Waals surface area contributed by atoms with Crippen molar-refractivity contribution in [3.63, 3.8) is 0 Å². The van der Waals surface area contributed by atoms with Crippen molar-refractivity contribution in [2.75, 3.05) is 13.6 Å². The number of hydrogen-bond acceptors (Lipinski definition) is 4. The molecule has 2 N–H and O–H groups in total. The van der Waals surface area contributed by atoms with Crippen LogP contribution in [0.2, 0.25) is 0 Å². The minimum Gasteiger partial charge on any atom is -0.481 e. The van der Waals surface area contributed by atoms with E-state index in [-0.39, 0.29) is 24.3 Å². The molecule has 0 saturated heterocycles. The molecule has 2 unspecified atom stereocenters. The summed E-state index contributed by atoms with van der Waals surface area (Å²) in [5.74, 6) is 0.401. The van der Waals surface area contributed by atoms with Crippen molar-refractivity contribution >= 4 is 23.5 Å². The van der Waals surface area contributed by atoms with Crippen LogP contribution in [0.3, 0.4) is 0 Å². The Morgan fingerprint density at radius 2 is 1.85 bits per heavy atom. The highest BCUT2D eigenvalue weighted by Gasteiger charge is 2.23. The van der Waals surface area contributed by atoms with Gasteiger partial charge in [0.2, 0.25) is 0 Å². The number of ether oxygens (including phenoxy) is 1. The number of rotatable bonds is 14. The van der Waals surface area contributed by atoms with Crippen molar-refractivity contribution in [1.82, 2.24) is 10.2 Å². The van der Waals surface area contributed by atoms with E-state index < -0.39 is 5.97 Å². The molecule has 0 saturated carbocycles. The summed E-state index contributed by atoms with van der Waals surface area (Å²) in [6.07, 6.45) is 5.15. The number of carboxylic acid groups (broad SMARTS) is 1. The first-order chi connectivity index (χ1) is 18.9. The molecule has 0 aliphatic heterocycles. The lowest BCUT2D eigenvalue weighted by atomic mass is 9.94. The second-order valence-corrected chi connectivity index (χ2v) is 10.9. The summed E-state index contributed by atoms with van der Waals surface area (Å²) in [6, 6.07) is 11.3. The van der Waals surface area contributed by atoms with Crippen molar-refractivity contribution in [3.8, 4) is 11.5 Å². The number of allylic oxidation sites excluding steroid dienone is 3. The molecule has 2 aromatic rings. The molecule has 6 nitrogen and oxygen atoms in total. The van der Waals surface area contributed by atoms with E-state index in [9.17, 15) is 9.59 Å². The van der Waals surface area contributed by atoms with E-state index in [2.05, 4.69) is 18.8 Å². The Balaban J connectivity index is 2.31. The van der Waals surface area contributed by atoms with Gasteiger partial charge in [-0.05, 0) is 99.6 Å². The molecule has 0 aliphatic carbocycles. The zero-order valence-corrected chi connectivity index (χ0v) is 25.6. The van der Waals surface area contributed by atoms with E-state index in [0.717, 1.165) is 34.2 Å². The van der Waals surface area contributed by atoms with Crippen molar-refractivity contribution in [2.24, 2.45) is 5.92 Å². The molecule has 2 aromatic carbocycles. The van der Waals surface area contributed by atoms with Crippen molar-refractivity contribution in [3.05, 3.63) is 93.7 Å². The Morgan fingerprint density at radius 1 is 1.15 bits per heavy atom. The number of nitrogens with zero attached hydrogens (tertiary/aromatic N) is 1. The number of likely N-dealkylation sites (N-methyl/N-ethyl adjacent to an activating group) is 1. The molecule has 0 aromatic heterocycles. The van der Waals surface area contributed by atoms with Gasteiger partial charge in [-0.15, -0.1) is 6.58 Å². The summed E-state index contributed by atoms with van der Waals surface area (Å²) in [7, 11) is 1.89. The van der Waals surface area contributed by atoms with Crippen LogP contribution in [0.5, 0.6) is 11.5 Å². The lowest BCUT2D eigenvalue weighted by molar-refractivity contribution is -0.137. The fourth-order valence-electron chi connectivity index (χ4n) is 4.76. The molecule has 0 radical (unpaired) electrons. The van der Waals surface area contributed by atoms with Crippen molar-refractivity contribution in [1.29, 1.82) is 0 Å². The number of hydrogen-bond donors (Lipinski definition) is 2. The number of nitrogens with one attached hydrogen (secondary N) is 1. The number of halogens is 1. The Kier molecular flexibility index (Phi) is 12.5. The average Bonchev–Trinajstić information content (AvgIpc) is 2.86. The lowest BCUT2D eigenvalue weighted by Crippen LogP contribution is -2.36. The maximum absolute atomic E-state index is 13.6. The smallest absolute Gasteiger partial charge is 0.303 e. The van der Waals surface area contributed by atoms with Gasteiger partial charge in [0.15, 0.2) is 0 Å². The fraction of sp³-hybridized carbons (Fsp3) is 0.394. The van der Waals surface area contributed by atoms with Gasteiger partial charge in [0.25, 0.3) is 5.91 Å². The van der Waals surface area contributed by atoms with Gasteiger partial charge in [0.1, 0.15) is 17.2 Å². The van der Waals surface area contributed by atoms with E-state index in [1.54, 1.807) is 6.08 Å². The Labute approximate surface area is 244 Å². The van der Waals surface area contributed by atoms with Gasteiger partial charge in [0.05, 0.1) is 6.04 Å². The van der Waals surface area contributed by atoms with E-state index >= 15 is 0 Å². The van der Waals surface area contributed by atoms with E-state index in [0.29, 0.717) is 35.2 Å². The van der Waals surface area contributed by atoms with Crippen molar-refractivity contribution in [2.45, 2.75) is 66.8 Å². The normalized spacial score (nSPS) is 13.7. The van der Waals surface area contributed by atoms with Crippen LogP contribution in [0, 0.1) is 19.8 Å².